The van der Waals surface area contributed by atoms with Gasteiger partial charge < -0.3 is 5.11 Å². The summed E-state index contributed by atoms with van der Waals surface area (Å²) in [6.07, 6.45) is 1.53. The maximum atomic E-state index is 11.1. The highest BCUT2D eigenvalue weighted by atomic mass is 16.6. The molecule has 0 unspecified atom stereocenters. The zero-order valence-corrected chi connectivity index (χ0v) is 10.6. The van der Waals surface area contributed by atoms with E-state index in [1.54, 1.807) is 36.9 Å². The Morgan fingerprint density at radius 2 is 2.16 bits per heavy atom. The molecular weight excluding hydrogens is 248 g/mol. The molecule has 1 heterocycles. The van der Waals surface area contributed by atoms with E-state index in [0.717, 1.165) is 0 Å². The predicted molar refractivity (Wildman–Crippen MR) is 67.9 cm³/mol. The van der Waals surface area contributed by atoms with Crippen molar-refractivity contribution in [2.75, 3.05) is 0 Å². The summed E-state index contributed by atoms with van der Waals surface area (Å²) in [6.45, 7) is 1.76. The SMILES string of the molecule is Cc1c(CC(=O)O)c2c([N+](=O)[O-])cccc2c[n+]1C. The summed E-state index contributed by atoms with van der Waals surface area (Å²) in [4.78, 5) is 21.6. The van der Waals surface area contributed by atoms with Gasteiger partial charge in [-0.1, -0.05) is 6.07 Å². The lowest BCUT2D eigenvalue weighted by molar-refractivity contribution is -0.676. The molecule has 1 aromatic carbocycles. The zero-order chi connectivity index (χ0) is 14.2. The van der Waals surface area contributed by atoms with Crippen molar-refractivity contribution in [2.45, 2.75) is 13.3 Å². The average molecular weight is 261 g/mol. The minimum absolute atomic E-state index is 0.0579. The summed E-state index contributed by atoms with van der Waals surface area (Å²) in [5, 5.41) is 21.2. The summed E-state index contributed by atoms with van der Waals surface area (Å²) in [7, 11) is 1.79. The van der Waals surface area contributed by atoms with Crippen LogP contribution in [0.25, 0.3) is 10.8 Å². The monoisotopic (exact) mass is 261 g/mol. The van der Waals surface area contributed by atoms with E-state index in [0.29, 0.717) is 22.0 Å². The van der Waals surface area contributed by atoms with Crippen molar-refractivity contribution in [3.63, 3.8) is 0 Å². The molecule has 2 aromatic rings. The van der Waals surface area contributed by atoms with Crippen LogP contribution in [0.2, 0.25) is 0 Å². The smallest absolute Gasteiger partial charge is 0.308 e. The third-order valence-electron chi connectivity index (χ3n) is 3.20. The van der Waals surface area contributed by atoms with Gasteiger partial charge in [0.25, 0.3) is 5.69 Å². The van der Waals surface area contributed by atoms with E-state index in [-0.39, 0.29) is 12.1 Å². The minimum Gasteiger partial charge on any atom is -0.481 e. The van der Waals surface area contributed by atoms with E-state index < -0.39 is 10.9 Å². The van der Waals surface area contributed by atoms with Crippen molar-refractivity contribution in [3.8, 4) is 0 Å². The molecule has 2 rings (SSSR count). The summed E-state index contributed by atoms with van der Waals surface area (Å²) in [5.74, 6) is -1.01. The van der Waals surface area contributed by atoms with Crippen LogP contribution in [0.1, 0.15) is 11.3 Å². The molecule has 1 N–H and O–H groups in total. The van der Waals surface area contributed by atoms with Gasteiger partial charge in [-0.25, -0.2) is 4.57 Å². The molecule has 0 fully saturated rings. The number of non-ortho nitro benzene ring substituents is 1. The number of hydrogen-bond acceptors (Lipinski definition) is 3. The van der Waals surface area contributed by atoms with E-state index in [4.69, 9.17) is 5.11 Å². The van der Waals surface area contributed by atoms with Gasteiger partial charge in [-0.3, -0.25) is 14.9 Å². The fourth-order valence-corrected chi connectivity index (χ4v) is 2.21. The van der Waals surface area contributed by atoms with Gasteiger partial charge in [0.1, 0.15) is 7.05 Å². The summed E-state index contributed by atoms with van der Waals surface area (Å²) in [6, 6.07) is 4.74. The molecule has 0 aliphatic heterocycles. The van der Waals surface area contributed by atoms with Gasteiger partial charge >= 0.3 is 5.97 Å². The minimum atomic E-state index is -1.01. The van der Waals surface area contributed by atoms with Gasteiger partial charge in [0.05, 0.1) is 22.1 Å². The van der Waals surface area contributed by atoms with Crippen molar-refractivity contribution in [1.82, 2.24) is 0 Å². The number of carboxylic acid groups (broad SMARTS) is 1. The quantitative estimate of drug-likeness (QED) is 0.515. The van der Waals surface area contributed by atoms with Crippen molar-refractivity contribution >= 4 is 22.4 Å². The topological polar surface area (TPSA) is 84.3 Å². The van der Waals surface area contributed by atoms with Gasteiger partial charge in [-0.2, -0.15) is 0 Å². The largest absolute Gasteiger partial charge is 0.481 e. The van der Waals surface area contributed by atoms with Crippen LogP contribution >= 0.6 is 0 Å². The number of carbonyl (C=O) groups is 1. The van der Waals surface area contributed by atoms with Crippen LogP contribution in [0.5, 0.6) is 0 Å². The van der Waals surface area contributed by atoms with Crippen LogP contribution < -0.4 is 4.57 Å². The number of nitro groups is 1. The molecule has 0 atom stereocenters. The number of aliphatic carboxylic acids is 1. The third kappa shape index (κ3) is 2.24. The Bertz CT molecular complexity index is 695. The first-order valence-corrected chi connectivity index (χ1v) is 5.69. The van der Waals surface area contributed by atoms with Crippen LogP contribution in [0, 0.1) is 17.0 Å². The molecule has 0 saturated carbocycles. The molecule has 0 radical (unpaired) electrons. The lowest BCUT2D eigenvalue weighted by atomic mass is 10.00. The first kappa shape index (κ1) is 12.9. The molecule has 6 heteroatoms. The molecule has 0 aliphatic carbocycles. The van der Waals surface area contributed by atoms with Crippen molar-refractivity contribution in [1.29, 1.82) is 0 Å². The standard InChI is InChI=1S/C13H12N2O4/c1-8-10(6-12(16)17)13-9(7-14(8)2)4-3-5-11(13)15(18)19/h3-5,7H,6H2,1-2H3/p+1. The fraction of sp³-hybridized carbons (Fsp3) is 0.231. The van der Waals surface area contributed by atoms with Gasteiger partial charge in [-0.05, 0) is 6.07 Å². The Morgan fingerprint density at radius 1 is 1.47 bits per heavy atom. The number of carboxylic acids is 1. The second-order valence-electron chi connectivity index (χ2n) is 4.37. The number of fused-ring (bicyclic) bond motifs is 1. The molecule has 19 heavy (non-hydrogen) atoms. The van der Waals surface area contributed by atoms with E-state index in [1.165, 1.54) is 6.07 Å². The number of nitro benzene ring substituents is 1. The Hall–Kier alpha value is -2.50. The van der Waals surface area contributed by atoms with Crippen LogP contribution in [0.4, 0.5) is 5.69 Å². The second-order valence-corrected chi connectivity index (χ2v) is 4.37. The summed E-state index contributed by atoms with van der Waals surface area (Å²) in [5.41, 5.74) is 1.14. The lowest BCUT2D eigenvalue weighted by Crippen LogP contribution is -2.33. The van der Waals surface area contributed by atoms with Crippen molar-refractivity contribution in [3.05, 3.63) is 45.8 Å². The maximum Gasteiger partial charge on any atom is 0.308 e. The number of benzene rings is 1. The Balaban J connectivity index is 2.91. The van der Waals surface area contributed by atoms with E-state index >= 15 is 0 Å². The van der Waals surface area contributed by atoms with E-state index in [2.05, 4.69) is 0 Å². The van der Waals surface area contributed by atoms with Gasteiger partial charge in [0.2, 0.25) is 0 Å². The van der Waals surface area contributed by atoms with Crippen LogP contribution in [-0.4, -0.2) is 16.0 Å². The summed E-state index contributed by atoms with van der Waals surface area (Å²) >= 11 is 0. The predicted octanol–water partition coefficient (Wildman–Crippen LogP) is 1.51. The molecule has 0 bridgehead atoms. The van der Waals surface area contributed by atoms with Crippen molar-refractivity contribution < 1.29 is 19.4 Å². The molecule has 0 aliphatic rings. The Kier molecular flexibility index (Phi) is 3.16. The molecular formula is C13H13N2O4+. The average Bonchev–Trinajstić information content (AvgIpc) is 2.33. The van der Waals surface area contributed by atoms with Gasteiger partial charge in [0, 0.05) is 18.6 Å². The fourth-order valence-electron chi connectivity index (χ4n) is 2.21. The van der Waals surface area contributed by atoms with Crippen molar-refractivity contribution in [2.24, 2.45) is 7.05 Å². The first-order valence-electron chi connectivity index (χ1n) is 5.69. The lowest BCUT2D eigenvalue weighted by Gasteiger charge is -2.07. The third-order valence-corrected chi connectivity index (χ3v) is 3.20. The van der Waals surface area contributed by atoms with Gasteiger partial charge in [0.15, 0.2) is 11.9 Å². The highest BCUT2D eigenvalue weighted by Gasteiger charge is 2.23. The number of hydrogen-bond donors (Lipinski definition) is 1. The number of aromatic nitrogens is 1. The van der Waals surface area contributed by atoms with E-state index in [1.807, 2.05) is 0 Å². The highest BCUT2D eigenvalue weighted by molar-refractivity contribution is 5.95. The Morgan fingerprint density at radius 3 is 2.74 bits per heavy atom. The first-order chi connectivity index (χ1) is 8.91. The molecule has 6 nitrogen and oxygen atoms in total. The van der Waals surface area contributed by atoms with Crippen LogP contribution in [-0.2, 0) is 18.3 Å². The van der Waals surface area contributed by atoms with Gasteiger partial charge in [-0.15, -0.1) is 0 Å². The van der Waals surface area contributed by atoms with Crippen LogP contribution in [0.15, 0.2) is 24.4 Å². The second kappa shape index (κ2) is 4.64. The van der Waals surface area contributed by atoms with Crippen LogP contribution in [0.3, 0.4) is 0 Å². The number of rotatable bonds is 3. The molecule has 98 valence electrons. The summed E-state index contributed by atoms with van der Waals surface area (Å²) < 4.78 is 1.78. The number of aryl methyl sites for hydroxylation is 1. The maximum absolute atomic E-state index is 11.1. The Labute approximate surface area is 109 Å². The number of nitrogens with zero attached hydrogens (tertiary/aromatic N) is 2. The normalized spacial score (nSPS) is 10.6. The molecule has 0 amide bonds. The highest BCUT2D eigenvalue weighted by Crippen LogP contribution is 2.29. The molecule has 0 saturated heterocycles. The zero-order valence-electron chi connectivity index (χ0n) is 10.6. The number of pyridine rings is 1. The molecule has 0 spiro atoms. The molecule has 1 aromatic heterocycles. The van der Waals surface area contributed by atoms with E-state index in [9.17, 15) is 14.9 Å².